The number of phenolic OH excluding ortho intramolecular Hbond substituents is 1. The fourth-order valence-corrected chi connectivity index (χ4v) is 5.17. The average Bonchev–Trinajstić information content (AvgIpc) is 2.99. The molecule has 0 heterocycles. The Kier molecular flexibility index (Phi) is 12.8. The number of nitrogens with one attached hydrogen (secondary N) is 2. The number of phenols is 1. The largest absolute Gasteiger partial charge is 0.508 e. The number of hydrogen-bond donors (Lipinski definition) is 4. The fourth-order valence-electron chi connectivity index (χ4n) is 5.17. The van der Waals surface area contributed by atoms with Gasteiger partial charge in [-0.2, -0.15) is 0 Å². The van der Waals surface area contributed by atoms with E-state index in [9.17, 15) is 24.3 Å². The predicted octanol–water partition coefficient (Wildman–Crippen LogP) is 4.68. The van der Waals surface area contributed by atoms with Crippen molar-refractivity contribution in [3.63, 3.8) is 0 Å². The number of nitrogens with two attached hydrogens (primary N) is 1. The first-order valence-corrected chi connectivity index (χ1v) is 15.5. The molecular weight excluding hydrogens is 600 g/mol. The van der Waals surface area contributed by atoms with Crippen LogP contribution in [0.4, 0.5) is 9.59 Å². The number of ether oxygens (including phenoxy) is 2. The van der Waals surface area contributed by atoms with Crippen LogP contribution in [0.1, 0.15) is 55.5 Å². The van der Waals surface area contributed by atoms with Crippen LogP contribution in [0.5, 0.6) is 5.75 Å². The Bertz CT molecular complexity index is 1500. The molecule has 0 aliphatic rings. The third-order valence-corrected chi connectivity index (χ3v) is 7.52. The lowest BCUT2D eigenvalue weighted by Gasteiger charge is -2.35. The van der Waals surface area contributed by atoms with E-state index in [0.717, 1.165) is 16.7 Å². The number of primary amides is 1. The molecule has 3 aromatic carbocycles. The zero-order valence-corrected chi connectivity index (χ0v) is 27.9. The lowest BCUT2D eigenvalue weighted by Crippen LogP contribution is -2.59. The minimum Gasteiger partial charge on any atom is -0.508 e. The van der Waals surface area contributed by atoms with Gasteiger partial charge in [-0.1, -0.05) is 60.7 Å². The van der Waals surface area contributed by atoms with Crippen molar-refractivity contribution in [1.82, 2.24) is 15.5 Å². The van der Waals surface area contributed by atoms with Gasteiger partial charge >= 0.3 is 12.2 Å². The summed E-state index contributed by atoms with van der Waals surface area (Å²) in [6, 6.07) is 18.7. The van der Waals surface area contributed by atoms with Gasteiger partial charge in [0.1, 0.15) is 30.0 Å². The van der Waals surface area contributed by atoms with Crippen molar-refractivity contribution in [3.8, 4) is 5.75 Å². The van der Waals surface area contributed by atoms with Crippen LogP contribution in [0.2, 0.25) is 0 Å². The van der Waals surface area contributed by atoms with Crippen LogP contribution in [0.25, 0.3) is 0 Å². The third kappa shape index (κ3) is 11.7. The number of benzene rings is 3. The fraction of sp³-hybridized carbons (Fsp3) is 0.389. The van der Waals surface area contributed by atoms with Crippen molar-refractivity contribution in [3.05, 3.63) is 101 Å². The van der Waals surface area contributed by atoms with Crippen LogP contribution in [-0.4, -0.2) is 64.3 Å². The van der Waals surface area contributed by atoms with Crippen LogP contribution in [0.15, 0.2) is 72.8 Å². The first-order valence-electron chi connectivity index (χ1n) is 15.5. The Labute approximate surface area is 276 Å². The summed E-state index contributed by atoms with van der Waals surface area (Å²) in [5.74, 6) is -1.30. The molecule has 3 aromatic rings. The summed E-state index contributed by atoms with van der Waals surface area (Å²) in [6.07, 6.45) is -1.18. The highest BCUT2D eigenvalue weighted by atomic mass is 16.6. The molecule has 0 aliphatic carbocycles. The topological polar surface area (TPSA) is 160 Å². The second-order valence-corrected chi connectivity index (χ2v) is 12.6. The van der Waals surface area contributed by atoms with Crippen molar-refractivity contribution in [1.29, 1.82) is 0 Å². The van der Waals surface area contributed by atoms with E-state index in [1.165, 1.54) is 11.8 Å². The van der Waals surface area contributed by atoms with Crippen LogP contribution in [0.3, 0.4) is 0 Å². The maximum absolute atomic E-state index is 14.4. The summed E-state index contributed by atoms with van der Waals surface area (Å²) in [6.45, 7) is 10.1. The molecule has 0 aromatic heterocycles. The van der Waals surface area contributed by atoms with Gasteiger partial charge in [-0.3, -0.25) is 9.59 Å². The number of hydrogen-bond acceptors (Lipinski definition) is 7. The number of aromatic hydroxyl groups is 1. The summed E-state index contributed by atoms with van der Waals surface area (Å²) in [5.41, 5.74) is 8.73. The van der Waals surface area contributed by atoms with Gasteiger partial charge < -0.3 is 35.8 Å². The van der Waals surface area contributed by atoms with E-state index in [1.54, 1.807) is 46.8 Å². The van der Waals surface area contributed by atoms with Gasteiger partial charge in [-0.25, -0.2) is 9.59 Å². The molecule has 47 heavy (non-hydrogen) atoms. The molecule has 0 saturated carbocycles. The first kappa shape index (κ1) is 36.4. The summed E-state index contributed by atoms with van der Waals surface area (Å²) in [5, 5.41) is 15.6. The van der Waals surface area contributed by atoms with Gasteiger partial charge in [0.25, 0.3) is 0 Å². The monoisotopic (exact) mass is 646 g/mol. The molecule has 0 unspecified atom stereocenters. The van der Waals surface area contributed by atoms with E-state index < -0.39 is 47.7 Å². The van der Waals surface area contributed by atoms with Gasteiger partial charge in [-0.15, -0.1) is 0 Å². The third-order valence-electron chi connectivity index (χ3n) is 7.52. The SMILES string of the molecule is Cc1cc(O)cc(C)c1C[C@H](NC(=O)OC(C)(C)C)C(=O)N(C[C@@H](Cc1ccccc1)NC(=O)OCc1ccccc1)[C@H](C)C(N)=O. The van der Waals surface area contributed by atoms with Crippen molar-refractivity contribution in [2.75, 3.05) is 6.54 Å². The molecule has 11 nitrogen and oxygen atoms in total. The van der Waals surface area contributed by atoms with Crippen molar-refractivity contribution in [2.24, 2.45) is 5.73 Å². The van der Waals surface area contributed by atoms with Gasteiger partial charge in [0.2, 0.25) is 11.8 Å². The van der Waals surface area contributed by atoms with Gasteiger partial charge in [0.15, 0.2) is 0 Å². The van der Waals surface area contributed by atoms with E-state index in [0.29, 0.717) is 17.5 Å². The maximum Gasteiger partial charge on any atom is 0.408 e. The van der Waals surface area contributed by atoms with E-state index in [1.807, 2.05) is 60.7 Å². The number of amides is 4. The Morgan fingerprint density at radius 3 is 1.94 bits per heavy atom. The predicted molar refractivity (Wildman–Crippen MR) is 179 cm³/mol. The molecule has 4 amide bonds. The van der Waals surface area contributed by atoms with Crippen molar-refractivity contribution >= 4 is 24.0 Å². The Hall–Kier alpha value is -5.06. The molecule has 5 N–H and O–H groups in total. The summed E-state index contributed by atoms with van der Waals surface area (Å²) in [4.78, 5) is 54.3. The molecule has 11 heteroatoms. The van der Waals surface area contributed by atoms with Crippen LogP contribution in [0, 0.1) is 13.8 Å². The van der Waals surface area contributed by atoms with Crippen molar-refractivity contribution in [2.45, 2.75) is 84.7 Å². The quantitative estimate of drug-likeness (QED) is 0.210. The summed E-state index contributed by atoms with van der Waals surface area (Å²) >= 11 is 0. The van der Waals surface area contributed by atoms with E-state index in [4.69, 9.17) is 15.2 Å². The van der Waals surface area contributed by atoms with Gasteiger partial charge in [0, 0.05) is 13.0 Å². The summed E-state index contributed by atoms with van der Waals surface area (Å²) < 4.78 is 10.9. The Balaban J connectivity index is 1.96. The highest BCUT2D eigenvalue weighted by Gasteiger charge is 2.35. The van der Waals surface area contributed by atoms with Crippen molar-refractivity contribution < 1.29 is 33.8 Å². The number of aryl methyl sites for hydroxylation is 2. The molecule has 0 fully saturated rings. The minimum absolute atomic E-state index is 0.0356. The van der Waals surface area contributed by atoms with Gasteiger partial charge in [0.05, 0.1) is 6.04 Å². The van der Waals surface area contributed by atoms with E-state index in [-0.39, 0.29) is 25.3 Å². The highest BCUT2D eigenvalue weighted by molar-refractivity contribution is 5.91. The second-order valence-electron chi connectivity index (χ2n) is 12.6. The molecule has 3 atom stereocenters. The normalized spacial score (nSPS) is 13.1. The molecule has 3 rings (SSSR count). The minimum atomic E-state index is -1.18. The molecular formula is C36H46N4O7. The lowest BCUT2D eigenvalue weighted by atomic mass is 9.94. The standard InChI is InChI=1S/C36H46N4O7/c1-23-17-29(41)18-24(2)30(23)20-31(39-35(45)47-36(4,5)6)33(43)40(25(3)32(37)42)21-28(19-26-13-9-7-10-14-26)38-34(44)46-22-27-15-11-8-12-16-27/h7-18,25,28,31,41H,19-22H2,1-6H3,(H2,37,42)(H,38,44)(H,39,45)/t25-,28-,31+/m1/s1. The number of rotatable bonds is 13. The van der Waals surface area contributed by atoms with Gasteiger partial charge in [-0.05, 0) is 87.9 Å². The smallest absolute Gasteiger partial charge is 0.408 e. The molecule has 252 valence electrons. The zero-order chi connectivity index (χ0) is 34.7. The molecule has 0 aliphatic heterocycles. The molecule has 0 spiro atoms. The lowest BCUT2D eigenvalue weighted by molar-refractivity contribution is -0.140. The van der Waals surface area contributed by atoms with E-state index in [2.05, 4.69) is 10.6 Å². The van der Waals surface area contributed by atoms with Crippen LogP contribution in [-0.2, 0) is 38.5 Å². The van der Waals surface area contributed by atoms with Crippen LogP contribution < -0.4 is 16.4 Å². The first-order chi connectivity index (χ1) is 22.1. The van der Waals surface area contributed by atoms with Crippen LogP contribution >= 0.6 is 0 Å². The second kappa shape index (κ2) is 16.5. The maximum atomic E-state index is 14.4. The number of carbonyl (C=O) groups is 4. The Morgan fingerprint density at radius 1 is 0.851 bits per heavy atom. The number of nitrogens with zero attached hydrogens (tertiary/aromatic N) is 1. The molecule has 0 radical (unpaired) electrons. The number of carbonyl (C=O) groups excluding carboxylic acids is 4. The molecule has 0 saturated heterocycles. The number of alkyl carbamates (subject to hydrolysis) is 2. The zero-order valence-electron chi connectivity index (χ0n) is 27.9. The molecule has 0 bridgehead atoms. The Morgan fingerprint density at radius 2 is 1.40 bits per heavy atom. The summed E-state index contributed by atoms with van der Waals surface area (Å²) in [7, 11) is 0. The van der Waals surface area contributed by atoms with E-state index >= 15 is 0 Å². The highest BCUT2D eigenvalue weighted by Crippen LogP contribution is 2.23. The average molecular weight is 647 g/mol.